The first-order valence-corrected chi connectivity index (χ1v) is 6.53. The molecule has 1 aromatic carbocycles. The van der Waals surface area contributed by atoms with E-state index in [9.17, 15) is 9.90 Å². The summed E-state index contributed by atoms with van der Waals surface area (Å²) in [6, 6.07) is 4.48. The van der Waals surface area contributed by atoms with Crippen molar-refractivity contribution >= 4 is 33.5 Å². The molecule has 1 aromatic heterocycles. The van der Waals surface area contributed by atoms with E-state index in [0.29, 0.717) is 4.47 Å². The number of aromatic hydroxyl groups is 1. The van der Waals surface area contributed by atoms with Crippen molar-refractivity contribution in [2.75, 3.05) is 5.32 Å². The molecule has 0 saturated heterocycles. The molecule has 110 valence electrons. The molecule has 5 N–H and O–H groups in total. The van der Waals surface area contributed by atoms with Crippen molar-refractivity contribution in [3.8, 4) is 5.75 Å². The first-order valence-electron chi connectivity index (χ1n) is 5.73. The Morgan fingerprint density at radius 3 is 2.86 bits per heavy atom. The van der Waals surface area contributed by atoms with Gasteiger partial charge < -0.3 is 21.4 Å². The van der Waals surface area contributed by atoms with Crippen molar-refractivity contribution in [2.24, 2.45) is 17.9 Å². The van der Waals surface area contributed by atoms with Gasteiger partial charge in [0.15, 0.2) is 5.84 Å². The predicted molar refractivity (Wildman–Crippen MR) is 79.5 cm³/mol. The number of aryl methyl sites for hydroxylation is 1. The third-order valence-corrected chi connectivity index (χ3v) is 3.25. The second kappa shape index (κ2) is 5.83. The molecular formula is C12H12BrN5O3. The maximum Gasteiger partial charge on any atom is 0.260 e. The van der Waals surface area contributed by atoms with Crippen LogP contribution in [0.15, 0.2) is 34.0 Å². The number of amides is 1. The topological polar surface area (TPSA) is 126 Å². The highest BCUT2D eigenvalue weighted by molar-refractivity contribution is 9.10. The number of carbonyl (C=O) groups is 1. The van der Waals surface area contributed by atoms with Gasteiger partial charge in [-0.1, -0.05) is 21.1 Å². The molecule has 0 aliphatic heterocycles. The molecule has 1 amide bonds. The fraction of sp³-hybridized carbons (Fsp3) is 0.0833. The molecule has 0 spiro atoms. The van der Waals surface area contributed by atoms with Gasteiger partial charge in [0.1, 0.15) is 11.6 Å². The van der Waals surface area contributed by atoms with Crippen LogP contribution in [0.3, 0.4) is 0 Å². The van der Waals surface area contributed by atoms with Gasteiger partial charge in [-0.3, -0.25) is 9.48 Å². The Morgan fingerprint density at radius 2 is 2.19 bits per heavy atom. The lowest BCUT2D eigenvalue weighted by molar-refractivity contribution is 0.102. The Balaban J connectivity index is 2.36. The monoisotopic (exact) mass is 353 g/mol. The van der Waals surface area contributed by atoms with Crippen molar-refractivity contribution in [1.29, 1.82) is 0 Å². The number of benzene rings is 1. The molecule has 2 rings (SSSR count). The Hall–Kier alpha value is -2.55. The fourth-order valence-corrected chi connectivity index (χ4v) is 2.05. The van der Waals surface area contributed by atoms with Crippen molar-refractivity contribution in [2.45, 2.75) is 0 Å². The van der Waals surface area contributed by atoms with Crippen molar-refractivity contribution in [3.63, 3.8) is 0 Å². The van der Waals surface area contributed by atoms with Gasteiger partial charge in [-0.2, -0.15) is 5.10 Å². The minimum atomic E-state index is -0.551. The van der Waals surface area contributed by atoms with Crippen LogP contribution in [-0.4, -0.2) is 31.8 Å². The van der Waals surface area contributed by atoms with Gasteiger partial charge in [0.25, 0.3) is 5.91 Å². The number of hydrogen-bond acceptors (Lipinski definition) is 5. The molecule has 0 bridgehead atoms. The van der Waals surface area contributed by atoms with Gasteiger partial charge in [0, 0.05) is 11.5 Å². The fourth-order valence-electron chi connectivity index (χ4n) is 1.69. The number of nitrogens with two attached hydrogens (primary N) is 1. The number of anilines is 1. The molecule has 1 heterocycles. The molecule has 0 aliphatic carbocycles. The Morgan fingerprint density at radius 1 is 1.48 bits per heavy atom. The van der Waals surface area contributed by atoms with E-state index in [-0.39, 0.29) is 28.5 Å². The molecule has 0 unspecified atom stereocenters. The molecule has 0 radical (unpaired) electrons. The van der Waals surface area contributed by atoms with Gasteiger partial charge in [-0.15, -0.1) is 0 Å². The van der Waals surface area contributed by atoms with E-state index in [1.807, 2.05) is 0 Å². The summed E-state index contributed by atoms with van der Waals surface area (Å²) in [5, 5.41) is 27.8. The van der Waals surface area contributed by atoms with E-state index in [2.05, 4.69) is 31.5 Å². The van der Waals surface area contributed by atoms with Crippen LogP contribution in [0.2, 0.25) is 0 Å². The third kappa shape index (κ3) is 2.97. The number of carbonyl (C=O) groups excluding carboxylic acids is 1. The molecule has 0 aliphatic rings. The summed E-state index contributed by atoms with van der Waals surface area (Å²) in [6.07, 6.45) is 1.35. The van der Waals surface area contributed by atoms with Crippen LogP contribution < -0.4 is 11.1 Å². The first kappa shape index (κ1) is 14.9. The summed E-state index contributed by atoms with van der Waals surface area (Å²) in [4.78, 5) is 12.2. The van der Waals surface area contributed by atoms with Crippen LogP contribution >= 0.6 is 15.9 Å². The number of nitrogens with one attached hydrogen (secondary N) is 1. The molecule has 0 fully saturated rings. The maximum absolute atomic E-state index is 12.2. The summed E-state index contributed by atoms with van der Waals surface area (Å²) >= 11 is 3.23. The quantitative estimate of drug-likeness (QED) is 0.286. The lowest BCUT2D eigenvalue weighted by atomic mass is 10.2. The van der Waals surface area contributed by atoms with Gasteiger partial charge >= 0.3 is 0 Å². The lowest BCUT2D eigenvalue weighted by Gasteiger charge is -2.09. The number of halogens is 1. The number of hydrogen-bond donors (Lipinski definition) is 4. The van der Waals surface area contributed by atoms with E-state index in [1.165, 1.54) is 23.0 Å². The highest BCUT2D eigenvalue weighted by Crippen LogP contribution is 2.23. The standard InChI is InChI=1S/C12H12BrN5O3/c1-18-11(8(5-15-18)10(14)17-21)16-12(20)7-4-6(13)2-3-9(7)19/h2-5,19,21H,1H3,(H2,14,17)(H,16,20). The summed E-state index contributed by atoms with van der Waals surface area (Å²) in [5.74, 6) is -0.654. The molecule has 21 heavy (non-hydrogen) atoms. The van der Waals surface area contributed by atoms with Crippen LogP contribution in [0, 0.1) is 0 Å². The van der Waals surface area contributed by atoms with Crippen LogP contribution in [0.25, 0.3) is 0 Å². The van der Waals surface area contributed by atoms with Crippen LogP contribution in [0.4, 0.5) is 5.82 Å². The number of phenols is 1. The lowest BCUT2D eigenvalue weighted by Crippen LogP contribution is -2.20. The van der Waals surface area contributed by atoms with Crippen LogP contribution in [-0.2, 0) is 7.05 Å². The van der Waals surface area contributed by atoms with E-state index in [4.69, 9.17) is 10.9 Å². The van der Waals surface area contributed by atoms with E-state index < -0.39 is 5.91 Å². The molecule has 0 saturated carbocycles. The third-order valence-electron chi connectivity index (χ3n) is 2.76. The van der Waals surface area contributed by atoms with E-state index >= 15 is 0 Å². The molecular weight excluding hydrogens is 342 g/mol. The molecule has 8 nitrogen and oxygen atoms in total. The predicted octanol–water partition coefficient (Wildman–Crippen LogP) is 1.23. The highest BCUT2D eigenvalue weighted by Gasteiger charge is 2.18. The van der Waals surface area contributed by atoms with Gasteiger partial charge in [-0.05, 0) is 18.2 Å². The average Bonchev–Trinajstić information content (AvgIpc) is 2.82. The van der Waals surface area contributed by atoms with Crippen molar-refractivity contribution in [3.05, 3.63) is 40.0 Å². The van der Waals surface area contributed by atoms with Gasteiger partial charge in [0.2, 0.25) is 0 Å². The molecule has 0 atom stereocenters. The summed E-state index contributed by atoms with van der Waals surface area (Å²) in [6.45, 7) is 0. The maximum atomic E-state index is 12.2. The number of aromatic nitrogens is 2. The zero-order valence-corrected chi connectivity index (χ0v) is 12.5. The van der Waals surface area contributed by atoms with Crippen molar-refractivity contribution < 1.29 is 15.1 Å². The summed E-state index contributed by atoms with van der Waals surface area (Å²) in [7, 11) is 1.59. The summed E-state index contributed by atoms with van der Waals surface area (Å²) < 4.78 is 2.01. The Kier molecular flexibility index (Phi) is 4.13. The number of amidine groups is 1. The molecule has 9 heteroatoms. The van der Waals surface area contributed by atoms with Crippen LogP contribution in [0.1, 0.15) is 15.9 Å². The van der Waals surface area contributed by atoms with E-state index in [0.717, 1.165) is 0 Å². The van der Waals surface area contributed by atoms with Gasteiger partial charge in [0.05, 0.1) is 17.3 Å². The number of phenolic OH excluding ortho intramolecular Hbond substituents is 1. The smallest absolute Gasteiger partial charge is 0.260 e. The number of oxime groups is 1. The minimum absolute atomic E-state index is 0.0797. The van der Waals surface area contributed by atoms with E-state index in [1.54, 1.807) is 13.1 Å². The first-order chi connectivity index (χ1) is 9.93. The van der Waals surface area contributed by atoms with Crippen molar-refractivity contribution in [1.82, 2.24) is 9.78 Å². The normalized spacial score (nSPS) is 11.4. The zero-order chi connectivity index (χ0) is 15.6. The van der Waals surface area contributed by atoms with Crippen LogP contribution in [0.5, 0.6) is 5.75 Å². The summed E-state index contributed by atoms with van der Waals surface area (Å²) in [5.41, 5.74) is 5.86. The minimum Gasteiger partial charge on any atom is -0.507 e. The SMILES string of the molecule is Cn1ncc(/C(N)=N/O)c1NC(=O)c1cc(Br)ccc1O. The van der Waals surface area contributed by atoms with Gasteiger partial charge in [-0.25, -0.2) is 0 Å². The number of nitrogens with zero attached hydrogens (tertiary/aromatic N) is 3. The number of rotatable bonds is 3. The Bertz CT molecular complexity index is 726. The highest BCUT2D eigenvalue weighted by atomic mass is 79.9. The Labute approximate surface area is 128 Å². The average molecular weight is 354 g/mol. The molecule has 2 aromatic rings. The second-order valence-corrected chi connectivity index (χ2v) is 5.05. The largest absolute Gasteiger partial charge is 0.507 e. The zero-order valence-electron chi connectivity index (χ0n) is 10.9. The second-order valence-electron chi connectivity index (χ2n) is 4.13.